The number of hydrogen-bond donors (Lipinski definition) is 2. The van der Waals surface area contributed by atoms with Crippen molar-refractivity contribution in [2.75, 3.05) is 26.2 Å². The first-order chi connectivity index (χ1) is 13.0. The van der Waals surface area contributed by atoms with E-state index in [1.807, 2.05) is 25.1 Å². The van der Waals surface area contributed by atoms with Gasteiger partial charge in [-0.15, -0.1) is 12.4 Å². The van der Waals surface area contributed by atoms with Gasteiger partial charge in [0.2, 0.25) is 5.91 Å². The molecule has 3 N–H and O–H groups in total. The van der Waals surface area contributed by atoms with Gasteiger partial charge < -0.3 is 16.0 Å². The number of carbonyl (C=O) groups is 2. The van der Waals surface area contributed by atoms with Gasteiger partial charge in [0.15, 0.2) is 0 Å². The smallest absolute Gasteiger partial charge is 0.257 e. The lowest BCUT2D eigenvalue weighted by Crippen LogP contribution is -2.46. The van der Waals surface area contributed by atoms with Crippen LogP contribution < -0.4 is 11.1 Å². The Labute approximate surface area is 175 Å². The van der Waals surface area contributed by atoms with Gasteiger partial charge in [0.25, 0.3) is 5.91 Å². The zero-order valence-corrected chi connectivity index (χ0v) is 17.3. The van der Waals surface area contributed by atoms with Crippen molar-refractivity contribution >= 4 is 35.8 Å². The summed E-state index contributed by atoms with van der Waals surface area (Å²) in [7, 11) is 0. The molecule has 1 aliphatic rings. The number of benzene rings is 1. The summed E-state index contributed by atoms with van der Waals surface area (Å²) in [5, 5.41) is 7.73. The number of rotatable bonds is 5. The molecule has 152 valence electrons. The van der Waals surface area contributed by atoms with E-state index in [0.29, 0.717) is 36.8 Å². The topological polar surface area (TPSA) is 93.2 Å². The fraction of sp³-hybridized carbons (Fsp3) is 0.421. The maximum absolute atomic E-state index is 13.0. The second-order valence-corrected chi connectivity index (χ2v) is 7.08. The van der Waals surface area contributed by atoms with Crippen LogP contribution in [-0.2, 0) is 4.79 Å². The van der Waals surface area contributed by atoms with Crippen LogP contribution in [0.15, 0.2) is 30.5 Å². The molecule has 1 fully saturated rings. The maximum Gasteiger partial charge on any atom is 0.257 e. The van der Waals surface area contributed by atoms with E-state index >= 15 is 0 Å². The van der Waals surface area contributed by atoms with E-state index in [-0.39, 0.29) is 30.1 Å². The molecule has 28 heavy (non-hydrogen) atoms. The number of nitrogens with zero attached hydrogens (tertiary/aromatic N) is 3. The Bertz CT molecular complexity index is 839. The lowest BCUT2D eigenvalue weighted by molar-refractivity contribution is -0.126. The van der Waals surface area contributed by atoms with E-state index in [1.165, 1.54) is 0 Å². The molecule has 0 bridgehead atoms. The number of halogens is 2. The number of hydrogen-bond acceptors (Lipinski definition) is 4. The first-order valence-corrected chi connectivity index (χ1v) is 9.47. The molecule has 0 aliphatic carbocycles. The molecular formula is C19H25Cl2N5O2. The summed E-state index contributed by atoms with van der Waals surface area (Å²) < 4.78 is 1.67. The Balaban J connectivity index is 0.00000280. The van der Waals surface area contributed by atoms with Crippen molar-refractivity contribution in [1.29, 1.82) is 0 Å². The van der Waals surface area contributed by atoms with E-state index in [4.69, 9.17) is 17.3 Å². The number of piperidine rings is 1. The van der Waals surface area contributed by atoms with Crippen LogP contribution in [0.5, 0.6) is 0 Å². The zero-order chi connectivity index (χ0) is 19.4. The summed E-state index contributed by atoms with van der Waals surface area (Å²) in [6.07, 6.45) is 3.14. The van der Waals surface area contributed by atoms with Gasteiger partial charge in [-0.05, 0) is 31.9 Å². The molecule has 3 rings (SSSR count). The molecule has 2 amide bonds. The first-order valence-electron chi connectivity index (χ1n) is 9.09. The Morgan fingerprint density at radius 2 is 2.11 bits per heavy atom. The molecule has 9 heteroatoms. The molecule has 1 saturated heterocycles. The predicted molar refractivity (Wildman–Crippen MR) is 111 cm³/mol. The summed E-state index contributed by atoms with van der Waals surface area (Å²) in [5.41, 5.74) is 7.42. The quantitative estimate of drug-likeness (QED) is 0.767. The number of amides is 2. The van der Waals surface area contributed by atoms with Gasteiger partial charge in [0.1, 0.15) is 0 Å². The minimum Gasteiger partial charge on any atom is -0.355 e. The highest BCUT2D eigenvalue weighted by molar-refractivity contribution is 6.32. The minimum absolute atomic E-state index is 0. The van der Waals surface area contributed by atoms with Crippen LogP contribution in [-0.4, -0.2) is 52.7 Å². The van der Waals surface area contributed by atoms with Crippen molar-refractivity contribution in [2.45, 2.75) is 19.8 Å². The number of para-hydroxylation sites is 1. The van der Waals surface area contributed by atoms with Crippen LogP contribution in [0.4, 0.5) is 0 Å². The monoisotopic (exact) mass is 425 g/mol. The number of nitrogens with two attached hydrogens (primary N) is 1. The van der Waals surface area contributed by atoms with Crippen LogP contribution in [0.2, 0.25) is 5.02 Å². The maximum atomic E-state index is 13.0. The summed E-state index contributed by atoms with van der Waals surface area (Å²) in [5.74, 6) is -0.350. The molecule has 2 heterocycles. The Morgan fingerprint density at radius 3 is 2.82 bits per heavy atom. The lowest BCUT2D eigenvalue weighted by atomic mass is 9.96. The van der Waals surface area contributed by atoms with Gasteiger partial charge in [0, 0.05) is 26.2 Å². The van der Waals surface area contributed by atoms with Crippen LogP contribution in [0, 0.1) is 12.8 Å². The van der Waals surface area contributed by atoms with E-state index in [0.717, 1.165) is 24.2 Å². The number of aromatic nitrogens is 2. The normalized spacial score (nSPS) is 16.4. The Hall–Kier alpha value is -2.09. The standard InChI is InChI=1S/C19H24ClN5O2.ClH/c1-13-15(11-23-25(13)17-7-3-2-6-16(17)20)19(27)24-10-4-5-14(12-24)18(26)22-9-8-21;/h2-3,6-7,11,14H,4-5,8-10,12,21H2,1H3,(H,22,26);1H. The molecule has 1 unspecified atom stereocenters. The third kappa shape index (κ3) is 4.66. The molecule has 0 spiro atoms. The number of likely N-dealkylation sites (tertiary alicyclic amines) is 1. The summed E-state index contributed by atoms with van der Waals surface area (Å²) in [6.45, 7) is 3.75. The van der Waals surface area contributed by atoms with Crippen LogP contribution in [0.1, 0.15) is 28.9 Å². The van der Waals surface area contributed by atoms with Crippen molar-refractivity contribution in [1.82, 2.24) is 20.0 Å². The second-order valence-electron chi connectivity index (χ2n) is 6.68. The van der Waals surface area contributed by atoms with Crippen molar-refractivity contribution in [3.63, 3.8) is 0 Å². The number of nitrogens with one attached hydrogen (secondary N) is 1. The van der Waals surface area contributed by atoms with Crippen molar-refractivity contribution < 1.29 is 9.59 Å². The highest BCUT2D eigenvalue weighted by Crippen LogP contribution is 2.24. The summed E-state index contributed by atoms with van der Waals surface area (Å²) >= 11 is 6.25. The Morgan fingerprint density at radius 1 is 1.36 bits per heavy atom. The molecule has 7 nitrogen and oxygen atoms in total. The predicted octanol–water partition coefficient (Wildman–Crippen LogP) is 2.18. The van der Waals surface area contributed by atoms with Crippen molar-refractivity contribution in [2.24, 2.45) is 11.7 Å². The molecule has 0 radical (unpaired) electrons. The third-order valence-corrected chi connectivity index (χ3v) is 5.16. The molecular weight excluding hydrogens is 401 g/mol. The largest absolute Gasteiger partial charge is 0.355 e. The summed E-state index contributed by atoms with van der Waals surface area (Å²) in [4.78, 5) is 27.0. The van der Waals surface area contributed by atoms with E-state index < -0.39 is 0 Å². The van der Waals surface area contributed by atoms with Crippen molar-refractivity contribution in [3.8, 4) is 5.69 Å². The second kappa shape index (κ2) is 9.91. The van der Waals surface area contributed by atoms with Gasteiger partial charge in [-0.25, -0.2) is 4.68 Å². The molecule has 2 aromatic rings. The van der Waals surface area contributed by atoms with E-state index in [1.54, 1.807) is 21.8 Å². The van der Waals surface area contributed by atoms with Crippen molar-refractivity contribution in [3.05, 3.63) is 46.7 Å². The van der Waals surface area contributed by atoms with Crippen LogP contribution in [0.3, 0.4) is 0 Å². The Kier molecular flexibility index (Phi) is 7.86. The molecule has 1 atom stereocenters. The first kappa shape index (κ1) is 22.2. The van der Waals surface area contributed by atoms with Gasteiger partial charge in [-0.2, -0.15) is 5.10 Å². The minimum atomic E-state index is -0.201. The molecule has 1 aliphatic heterocycles. The number of carbonyl (C=O) groups excluding carboxylic acids is 2. The third-order valence-electron chi connectivity index (χ3n) is 4.84. The highest BCUT2D eigenvalue weighted by Gasteiger charge is 2.30. The summed E-state index contributed by atoms with van der Waals surface area (Å²) in [6, 6.07) is 7.36. The van der Waals surface area contributed by atoms with Gasteiger partial charge >= 0.3 is 0 Å². The average molecular weight is 426 g/mol. The lowest BCUT2D eigenvalue weighted by Gasteiger charge is -2.32. The zero-order valence-electron chi connectivity index (χ0n) is 15.7. The van der Waals surface area contributed by atoms with Crippen LogP contribution in [0.25, 0.3) is 5.69 Å². The van der Waals surface area contributed by atoms with Gasteiger partial charge in [-0.1, -0.05) is 23.7 Å². The fourth-order valence-electron chi connectivity index (χ4n) is 3.37. The van der Waals surface area contributed by atoms with Gasteiger partial charge in [0.05, 0.1) is 34.1 Å². The van der Waals surface area contributed by atoms with E-state index in [9.17, 15) is 9.59 Å². The average Bonchev–Trinajstić information content (AvgIpc) is 3.07. The fourth-order valence-corrected chi connectivity index (χ4v) is 3.59. The van der Waals surface area contributed by atoms with E-state index in [2.05, 4.69) is 10.4 Å². The van der Waals surface area contributed by atoms with Crippen LogP contribution >= 0.6 is 24.0 Å². The van der Waals surface area contributed by atoms with Gasteiger partial charge in [-0.3, -0.25) is 9.59 Å². The molecule has 1 aromatic carbocycles. The highest BCUT2D eigenvalue weighted by atomic mass is 35.5. The SMILES string of the molecule is Cc1c(C(=O)N2CCCC(C(=O)NCCN)C2)cnn1-c1ccccc1Cl.Cl. The molecule has 0 saturated carbocycles. The molecule has 1 aromatic heterocycles.